The summed E-state index contributed by atoms with van der Waals surface area (Å²) in [5.74, 6) is -0.310. The number of sulfonamides is 1. The van der Waals surface area contributed by atoms with E-state index in [-0.39, 0.29) is 39.1 Å². The Kier molecular flexibility index (Phi) is 11.1. The first-order valence-electron chi connectivity index (χ1n) is 13.1. The quantitative estimate of drug-likeness (QED) is 0.275. The third-order valence-corrected chi connectivity index (χ3v) is 8.91. The zero-order valence-electron chi connectivity index (χ0n) is 23.7. The van der Waals surface area contributed by atoms with Gasteiger partial charge in [0.1, 0.15) is 18.3 Å². The number of carbonyl (C=O) groups is 2. The number of rotatable bonds is 12. The summed E-state index contributed by atoms with van der Waals surface area (Å²) in [7, 11) is -2.68. The number of aryl methyl sites for hydroxylation is 1. The molecule has 0 saturated carbocycles. The average Bonchev–Trinajstić information content (AvgIpc) is 2.93. The van der Waals surface area contributed by atoms with E-state index in [0.717, 1.165) is 15.4 Å². The monoisotopic (exact) mass is 619 g/mol. The van der Waals surface area contributed by atoms with E-state index in [4.69, 9.17) is 27.9 Å². The number of anilines is 1. The molecule has 0 aliphatic carbocycles. The second-order valence-corrected chi connectivity index (χ2v) is 12.6. The topological polar surface area (TPSA) is 96.0 Å². The maximum absolute atomic E-state index is 14.1. The smallest absolute Gasteiger partial charge is 0.264 e. The predicted molar refractivity (Wildman–Crippen MR) is 163 cm³/mol. The SMILES string of the molecule is CC[C@@H](C(=O)NC(C)C)N(Cc1cccc(OC)c1)C(=O)CN(c1ccc(Cl)c(Cl)c1)S(=O)(=O)c1ccc(C)cc1. The molecular formula is C30H35Cl2N3O5S. The van der Waals surface area contributed by atoms with Gasteiger partial charge in [-0.05, 0) is 75.2 Å². The van der Waals surface area contributed by atoms with E-state index < -0.39 is 28.5 Å². The summed E-state index contributed by atoms with van der Waals surface area (Å²) in [5, 5.41) is 3.25. The number of nitrogens with one attached hydrogen (secondary N) is 1. The Labute approximate surface area is 252 Å². The van der Waals surface area contributed by atoms with Gasteiger partial charge in [0.25, 0.3) is 10.0 Å². The van der Waals surface area contributed by atoms with Crippen molar-refractivity contribution in [2.75, 3.05) is 18.0 Å². The molecule has 0 aliphatic heterocycles. The molecule has 220 valence electrons. The summed E-state index contributed by atoms with van der Waals surface area (Å²) in [4.78, 5) is 28.8. The van der Waals surface area contributed by atoms with E-state index in [0.29, 0.717) is 12.2 Å². The zero-order valence-corrected chi connectivity index (χ0v) is 26.1. The molecule has 0 fully saturated rings. The fraction of sp³-hybridized carbons (Fsp3) is 0.333. The van der Waals surface area contributed by atoms with Crippen LogP contribution in [0.2, 0.25) is 10.0 Å². The van der Waals surface area contributed by atoms with Crippen molar-refractivity contribution in [2.45, 2.75) is 57.6 Å². The summed E-state index contributed by atoms with van der Waals surface area (Å²) in [6.45, 7) is 6.79. The molecular weight excluding hydrogens is 585 g/mol. The molecule has 0 radical (unpaired) electrons. The van der Waals surface area contributed by atoms with E-state index >= 15 is 0 Å². The Morgan fingerprint density at radius 3 is 2.24 bits per heavy atom. The number of amides is 2. The van der Waals surface area contributed by atoms with Crippen LogP contribution >= 0.6 is 23.2 Å². The number of carbonyl (C=O) groups excluding carboxylic acids is 2. The maximum Gasteiger partial charge on any atom is 0.264 e. The molecule has 2 amide bonds. The van der Waals surface area contributed by atoms with Crippen molar-refractivity contribution in [3.63, 3.8) is 0 Å². The molecule has 0 aliphatic rings. The van der Waals surface area contributed by atoms with Crippen LogP contribution in [0.1, 0.15) is 38.3 Å². The molecule has 3 aromatic carbocycles. The minimum atomic E-state index is -4.22. The van der Waals surface area contributed by atoms with Gasteiger partial charge in [0, 0.05) is 12.6 Å². The number of nitrogens with zero attached hydrogens (tertiary/aromatic N) is 2. The van der Waals surface area contributed by atoms with Gasteiger partial charge in [0.05, 0.1) is 27.7 Å². The molecule has 3 aromatic rings. The maximum atomic E-state index is 14.1. The number of halogens is 2. The van der Waals surface area contributed by atoms with Crippen LogP contribution in [-0.4, -0.2) is 50.9 Å². The fourth-order valence-electron chi connectivity index (χ4n) is 4.27. The third kappa shape index (κ3) is 8.15. The van der Waals surface area contributed by atoms with Gasteiger partial charge >= 0.3 is 0 Å². The van der Waals surface area contributed by atoms with Crippen LogP contribution in [0.25, 0.3) is 0 Å². The van der Waals surface area contributed by atoms with Crippen molar-refractivity contribution >= 4 is 50.7 Å². The lowest BCUT2D eigenvalue weighted by atomic mass is 10.1. The molecule has 1 atom stereocenters. The highest BCUT2D eigenvalue weighted by molar-refractivity contribution is 7.92. The lowest BCUT2D eigenvalue weighted by Crippen LogP contribution is -2.53. The highest BCUT2D eigenvalue weighted by Crippen LogP contribution is 2.31. The van der Waals surface area contributed by atoms with Gasteiger partial charge in [-0.15, -0.1) is 0 Å². The van der Waals surface area contributed by atoms with Gasteiger partial charge < -0.3 is 15.0 Å². The van der Waals surface area contributed by atoms with Crippen LogP contribution in [0.3, 0.4) is 0 Å². The minimum Gasteiger partial charge on any atom is -0.497 e. The van der Waals surface area contributed by atoms with Crippen molar-refractivity contribution in [3.05, 3.63) is 87.9 Å². The molecule has 3 rings (SSSR count). The predicted octanol–water partition coefficient (Wildman–Crippen LogP) is 5.84. The summed E-state index contributed by atoms with van der Waals surface area (Å²) in [6, 6.07) is 16.8. The Morgan fingerprint density at radius 2 is 1.66 bits per heavy atom. The molecule has 0 aromatic heterocycles. The van der Waals surface area contributed by atoms with E-state index in [1.165, 1.54) is 42.3 Å². The third-order valence-electron chi connectivity index (χ3n) is 6.38. The lowest BCUT2D eigenvalue weighted by Gasteiger charge is -2.33. The van der Waals surface area contributed by atoms with Gasteiger partial charge in [-0.25, -0.2) is 8.42 Å². The average molecular weight is 621 g/mol. The van der Waals surface area contributed by atoms with Crippen LogP contribution in [0.15, 0.2) is 71.6 Å². The summed E-state index contributed by atoms with van der Waals surface area (Å²) >= 11 is 12.4. The number of hydrogen-bond donors (Lipinski definition) is 1. The Bertz CT molecular complexity index is 1480. The van der Waals surface area contributed by atoms with Crippen LogP contribution in [0.4, 0.5) is 5.69 Å². The molecule has 8 nitrogen and oxygen atoms in total. The second-order valence-electron chi connectivity index (χ2n) is 9.88. The van der Waals surface area contributed by atoms with Gasteiger partial charge in [0.2, 0.25) is 11.8 Å². The normalized spacial score (nSPS) is 12.1. The summed E-state index contributed by atoms with van der Waals surface area (Å²) in [5.41, 5.74) is 1.76. The van der Waals surface area contributed by atoms with Crippen LogP contribution in [0.5, 0.6) is 5.75 Å². The van der Waals surface area contributed by atoms with Gasteiger partial charge in [-0.3, -0.25) is 13.9 Å². The van der Waals surface area contributed by atoms with Gasteiger partial charge in [-0.2, -0.15) is 0 Å². The summed E-state index contributed by atoms with van der Waals surface area (Å²) < 4.78 is 34.2. The molecule has 41 heavy (non-hydrogen) atoms. The van der Waals surface area contributed by atoms with E-state index in [1.807, 2.05) is 26.8 Å². The molecule has 1 N–H and O–H groups in total. The number of hydrogen-bond acceptors (Lipinski definition) is 5. The molecule has 0 spiro atoms. The Morgan fingerprint density at radius 1 is 0.976 bits per heavy atom. The summed E-state index contributed by atoms with van der Waals surface area (Å²) in [6.07, 6.45) is 0.311. The molecule has 0 unspecified atom stereocenters. The first-order chi connectivity index (χ1) is 19.4. The molecule has 0 bridgehead atoms. The molecule has 11 heteroatoms. The number of ether oxygens (including phenoxy) is 1. The first kappa shape index (κ1) is 32.2. The minimum absolute atomic E-state index is 0.00547. The van der Waals surface area contributed by atoms with Crippen molar-refractivity contribution in [1.29, 1.82) is 0 Å². The lowest BCUT2D eigenvalue weighted by molar-refractivity contribution is -0.140. The standard InChI is InChI=1S/C30H35Cl2N3O5S/c1-6-28(30(37)33-20(2)3)34(18-22-8-7-9-24(16-22)40-5)29(36)19-35(23-12-15-26(31)27(32)17-23)41(38,39)25-13-10-21(4)11-14-25/h7-17,20,28H,6,18-19H2,1-5H3,(H,33,37)/t28-/m0/s1. The molecule has 0 heterocycles. The largest absolute Gasteiger partial charge is 0.497 e. The van der Waals surface area contributed by atoms with Gasteiger partial charge in [-0.1, -0.05) is 60.0 Å². The number of benzene rings is 3. The van der Waals surface area contributed by atoms with Gasteiger partial charge in [0.15, 0.2) is 0 Å². The zero-order chi connectivity index (χ0) is 30.3. The second kappa shape index (κ2) is 14.1. The molecule has 0 saturated heterocycles. The fourth-order valence-corrected chi connectivity index (χ4v) is 5.97. The van der Waals surface area contributed by atoms with Crippen LogP contribution in [-0.2, 0) is 26.2 Å². The van der Waals surface area contributed by atoms with E-state index in [2.05, 4.69) is 5.32 Å². The van der Waals surface area contributed by atoms with Crippen molar-refractivity contribution < 1.29 is 22.7 Å². The van der Waals surface area contributed by atoms with Crippen molar-refractivity contribution in [1.82, 2.24) is 10.2 Å². The highest BCUT2D eigenvalue weighted by atomic mass is 35.5. The van der Waals surface area contributed by atoms with E-state index in [9.17, 15) is 18.0 Å². The number of methoxy groups -OCH3 is 1. The Hall–Kier alpha value is -3.27. The van der Waals surface area contributed by atoms with Crippen molar-refractivity contribution in [3.8, 4) is 5.75 Å². The van der Waals surface area contributed by atoms with Crippen LogP contribution < -0.4 is 14.4 Å². The first-order valence-corrected chi connectivity index (χ1v) is 15.3. The Balaban J connectivity index is 2.10. The van der Waals surface area contributed by atoms with Crippen molar-refractivity contribution in [2.24, 2.45) is 0 Å². The van der Waals surface area contributed by atoms with E-state index in [1.54, 1.807) is 37.3 Å². The highest BCUT2D eigenvalue weighted by Gasteiger charge is 2.34. The van der Waals surface area contributed by atoms with Crippen LogP contribution in [0, 0.1) is 6.92 Å².